The highest BCUT2D eigenvalue weighted by Gasteiger charge is 2.18. The smallest absolute Gasteiger partial charge is 0.222 e. The molecule has 1 amide bonds. The maximum atomic E-state index is 11.6. The predicted octanol–water partition coefficient (Wildman–Crippen LogP) is 2.13. The lowest BCUT2D eigenvalue weighted by Crippen LogP contribution is -2.39. The van der Waals surface area contributed by atoms with Crippen LogP contribution in [0.4, 0.5) is 5.69 Å². The average molecular weight is 370 g/mol. The normalized spacial score (nSPS) is 17.1. The summed E-state index contributed by atoms with van der Waals surface area (Å²) in [6, 6.07) is 8.65. The van der Waals surface area contributed by atoms with E-state index in [9.17, 15) is 4.79 Å². The number of nitrogens with one attached hydrogen (secondary N) is 2. The Morgan fingerprint density at radius 1 is 1.15 bits per heavy atom. The number of likely N-dealkylation sites (tertiary alicyclic amines) is 1. The molecule has 1 aromatic rings. The summed E-state index contributed by atoms with van der Waals surface area (Å²) in [4.78, 5) is 20.6. The van der Waals surface area contributed by atoms with Gasteiger partial charge in [0.05, 0.1) is 6.54 Å². The second kappa shape index (κ2) is 10.00. The molecule has 2 aliphatic rings. The minimum absolute atomic E-state index is 0.295. The molecule has 0 radical (unpaired) electrons. The van der Waals surface area contributed by atoms with E-state index in [1.807, 2.05) is 4.90 Å². The van der Waals surface area contributed by atoms with E-state index in [4.69, 9.17) is 0 Å². The second-order valence-electron chi connectivity index (χ2n) is 7.00. The number of guanidine groups is 1. The quantitative estimate of drug-likeness (QED) is 0.319. The van der Waals surface area contributed by atoms with E-state index >= 15 is 0 Å². The fraction of sp³-hybridized carbons (Fsp3) is 0.524. The van der Waals surface area contributed by atoms with Crippen molar-refractivity contribution in [1.29, 1.82) is 0 Å². The molecule has 1 fully saturated rings. The minimum atomic E-state index is 0.295. The Morgan fingerprint density at radius 2 is 1.93 bits per heavy atom. The highest BCUT2D eigenvalue weighted by atomic mass is 16.2. The molecule has 6 nitrogen and oxygen atoms in total. The van der Waals surface area contributed by atoms with Gasteiger partial charge < -0.3 is 20.4 Å². The van der Waals surface area contributed by atoms with Crippen molar-refractivity contribution in [2.75, 3.05) is 44.2 Å². The summed E-state index contributed by atoms with van der Waals surface area (Å²) in [6.07, 6.45) is 7.06. The first-order valence-electron chi connectivity index (χ1n) is 10.0. The highest BCUT2D eigenvalue weighted by molar-refractivity contribution is 5.80. The fourth-order valence-corrected chi connectivity index (χ4v) is 3.43. The lowest BCUT2D eigenvalue weighted by Gasteiger charge is -2.18. The van der Waals surface area contributed by atoms with Gasteiger partial charge in [0.25, 0.3) is 0 Å². The zero-order valence-electron chi connectivity index (χ0n) is 16.3. The summed E-state index contributed by atoms with van der Waals surface area (Å²) in [5, 5.41) is 6.66. The van der Waals surface area contributed by atoms with Crippen LogP contribution in [0.5, 0.6) is 0 Å². The predicted molar refractivity (Wildman–Crippen MR) is 111 cm³/mol. The Hall–Kier alpha value is -2.50. The maximum Gasteiger partial charge on any atom is 0.222 e. The van der Waals surface area contributed by atoms with Gasteiger partial charge in [0.15, 0.2) is 5.96 Å². The molecule has 2 N–H and O–H groups in total. The molecule has 0 atom stereocenters. The van der Waals surface area contributed by atoms with E-state index in [1.165, 1.54) is 11.3 Å². The lowest BCUT2D eigenvalue weighted by molar-refractivity contribution is -0.127. The molecule has 0 unspecified atom stereocenters. The number of hydrogen-bond acceptors (Lipinski definition) is 3. The Bertz CT molecular complexity index is 660. The van der Waals surface area contributed by atoms with Crippen LogP contribution in [0.15, 0.2) is 41.4 Å². The molecule has 146 valence electrons. The molecule has 0 aliphatic carbocycles. The van der Waals surface area contributed by atoms with E-state index < -0.39 is 0 Å². The molecule has 2 aliphatic heterocycles. The first-order valence-corrected chi connectivity index (χ1v) is 10.0. The van der Waals surface area contributed by atoms with E-state index in [0.29, 0.717) is 18.9 Å². The number of hydrogen-bond donors (Lipinski definition) is 2. The molecule has 2 heterocycles. The van der Waals surface area contributed by atoms with Crippen LogP contribution in [-0.2, 0) is 11.3 Å². The Morgan fingerprint density at radius 3 is 2.59 bits per heavy atom. The third-order valence-electron chi connectivity index (χ3n) is 4.95. The number of carbonyl (C=O) groups is 1. The van der Waals surface area contributed by atoms with Crippen molar-refractivity contribution in [2.24, 2.45) is 4.99 Å². The molecule has 0 saturated carbocycles. The number of aliphatic imine (C=N–C) groups is 1. The van der Waals surface area contributed by atoms with E-state index in [1.54, 1.807) is 0 Å². The summed E-state index contributed by atoms with van der Waals surface area (Å²) >= 11 is 0. The monoisotopic (exact) mass is 369 g/mol. The number of carbonyl (C=O) groups excluding carboxylic acids is 1. The van der Waals surface area contributed by atoms with Gasteiger partial charge in [-0.15, -0.1) is 0 Å². The lowest BCUT2D eigenvalue weighted by atomic mass is 10.2. The Labute approximate surface area is 162 Å². The van der Waals surface area contributed by atoms with Gasteiger partial charge in [0.1, 0.15) is 0 Å². The van der Waals surface area contributed by atoms with Gasteiger partial charge in [-0.25, -0.2) is 4.99 Å². The van der Waals surface area contributed by atoms with Crippen LogP contribution in [0.1, 0.15) is 31.7 Å². The summed E-state index contributed by atoms with van der Waals surface area (Å²) < 4.78 is 0. The van der Waals surface area contributed by atoms with Crippen molar-refractivity contribution in [3.05, 3.63) is 42.0 Å². The number of rotatable bonds is 8. The van der Waals surface area contributed by atoms with Crippen LogP contribution in [-0.4, -0.2) is 56.0 Å². The topological polar surface area (TPSA) is 60.0 Å². The summed E-state index contributed by atoms with van der Waals surface area (Å²) in [6.45, 7) is 8.10. The van der Waals surface area contributed by atoms with Gasteiger partial charge in [-0.05, 0) is 37.5 Å². The van der Waals surface area contributed by atoms with Gasteiger partial charge in [-0.3, -0.25) is 4.79 Å². The second-order valence-corrected chi connectivity index (χ2v) is 7.00. The third-order valence-corrected chi connectivity index (χ3v) is 4.95. The van der Waals surface area contributed by atoms with Crippen molar-refractivity contribution in [3.63, 3.8) is 0 Å². The van der Waals surface area contributed by atoms with Crippen molar-refractivity contribution < 1.29 is 4.79 Å². The molecule has 27 heavy (non-hydrogen) atoms. The summed E-state index contributed by atoms with van der Waals surface area (Å²) in [5.74, 6) is 1.13. The molecule has 6 heteroatoms. The molecule has 0 bridgehead atoms. The third kappa shape index (κ3) is 5.74. The van der Waals surface area contributed by atoms with Crippen LogP contribution in [0.3, 0.4) is 0 Å². The van der Waals surface area contributed by atoms with Crippen molar-refractivity contribution in [1.82, 2.24) is 15.5 Å². The maximum absolute atomic E-state index is 11.6. The summed E-state index contributed by atoms with van der Waals surface area (Å²) in [5.41, 5.74) is 2.46. The van der Waals surface area contributed by atoms with Crippen molar-refractivity contribution in [3.8, 4) is 0 Å². The van der Waals surface area contributed by atoms with Crippen LogP contribution in [0.2, 0.25) is 0 Å². The molecule has 0 aromatic heterocycles. The van der Waals surface area contributed by atoms with Gasteiger partial charge in [0, 0.05) is 51.4 Å². The van der Waals surface area contributed by atoms with E-state index in [2.05, 4.69) is 63.9 Å². The summed E-state index contributed by atoms with van der Waals surface area (Å²) in [7, 11) is 0. The molecule has 3 rings (SSSR count). The SMILES string of the molecule is CCNC(=NCc1ccc(N2CC=CC2)cc1)NCCCN1CCCC1=O. The molecule has 0 spiro atoms. The van der Waals surface area contributed by atoms with Crippen LogP contribution < -0.4 is 15.5 Å². The van der Waals surface area contributed by atoms with Crippen molar-refractivity contribution in [2.45, 2.75) is 32.7 Å². The zero-order valence-corrected chi connectivity index (χ0v) is 16.3. The number of amides is 1. The molecule has 1 aromatic carbocycles. The van der Waals surface area contributed by atoms with Crippen LogP contribution >= 0.6 is 0 Å². The van der Waals surface area contributed by atoms with Gasteiger partial charge in [0.2, 0.25) is 5.91 Å². The molecular weight excluding hydrogens is 338 g/mol. The molecule has 1 saturated heterocycles. The Kier molecular flexibility index (Phi) is 7.13. The highest BCUT2D eigenvalue weighted by Crippen LogP contribution is 2.17. The number of benzene rings is 1. The van der Waals surface area contributed by atoms with Crippen molar-refractivity contribution >= 4 is 17.6 Å². The Balaban J connectivity index is 1.44. The minimum Gasteiger partial charge on any atom is -0.364 e. The average Bonchev–Trinajstić information content (AvgIpc) is 3.36. The van der Waals surface area contributed by atoms with Crippen LogP contribution in [0, 0.1) is 0 Å². The van der Waals surface area contributed by atoms with Gasteiger partial charge >= 0.3 is 0 Å². The zero-order chi connectivity index (χ0) is 18.9. The standard InChI is InChI=1S/C21H31N5O/c1-2-22-21(23-12-6-16-26-15-5-7-20(26)27)24-17-18-8-10-19(11-9-18)25-13-3-4-14-25/h3-4,8-11H,2,5-7,12-17H2,1H3,(H2,22,23,24). The molecular formula is C21H31N5O. The first kappa shape index (κ1) is 19.3. The fourth-order valence-electron chi connectivity index (χ4n) is 3.43. The van der Waals surface area contributed by atoms with Crippen LogP contribution in [0.25, 0.3) is 0 Å². The number of anilines is 1. The number of nitrogens with zero attached hydrogens (tertiary/aromatic N) is 3. The largest absolute Gasteiger partial charge is 0.364 e. The van der Waals surface area contributed by atoms with Gasteiger partial charge in [-0.1, -0.05) is 24.3 Å². The van der Waals surface area contributed by atoms with Gasteiger partial charge in [-0.2, -0.15) is 0 Å². The van der Waals surface area contributed by atoms with E-state index in [0.717, 1.165) is 58.1 Å². The first-order chi connectivity index (χ1) is 13.3. The van der Waals surface area contributed by atoms with E-state index in [-0.39, 0.29) is 0 Å².